The maximum Gasteiger partial charge on any atom is 0.426 e. The SMILES string of the molecule is CCC1C#CC(CCc2nc3c(OC(F)(F)C(C)(C)O)ccc(-c4nc(C)cs4)c3o2)C1=N. The molecular weight excluding hydrogens is 448 g/mol. The van der Waals surface area contributed by atoms with Crippen molar-refractivity contribution in [1.82, 2.24) is 9.97 Å². The predicted octanol–water partition coefficient (Wildman–Crippen LogP) is 5.61. The molecule has 2 unspecified atom stereocenters. The van der Waals surface area contributed by atoms with Gasteiger partial charge in [-0.15, -0.1) is 11.3 Å². The Morgan fingerprint density at radius 3 is 2.58 bits per heavy atom. The van der Waals surface area contributed by atoms with Crippen LogP contribution < -0.4 is 4.74 Å². The molecule has 0 saturated carbocycles. The highest BCUT2D eigenvalue weighted by Gasteiger charge is 2.49. The average molecular weight is 474 g/mol. The highest BCUT2D eigenvalue weighted by Crippen LogP contribution is 2.40. The molecule has 0 aliphatic heterocycles. The number of hydrogen-bond donors (Lipinski definition) is 2. The third kappa shape index (κ3) is 4.50. The van der Waals surface area contributed by atoms with Crippen LogP contribution in [0.5, 0.6) is 5.75 Å². The van der Waals surface area contributed by atoms with Crippen molar-refractivity contribution in [3.8, 4) is 28.2 Å². The number of hydrogen-bond acceptors (Lipinski definition) is 7. The summed E-state index contributed by atoms with van der Waals surface area (Å²) in [7, 11) is 0. The molecule has 1 aromatic carbocycles. The van der Waals surface area contributed by atoms with E-state index in [-0.39, 0.29) is 23.1 Å². The van der Waals surface area contributed by atoms with Gasteiger partial charge in [0.25, 0.3) is 0 Å². The van der Waals surface area contributed by atoms with E-state index in [9.17, 15) is 13.9 Å². The van der Waals surface area contributed by atoms with Crippen LogP contribution in [0.1, 0.15) is 45.2 Å². The minimum Gasteiger partial charge on any atom is -0.440 e. The van der Waals surface area contributed by atoms with Gasteiger partial charge in [-0.05, 0) is 45.7 Å². The van der Waals surface area contributed by atoms with Gasteiger partial charge in [0, 0.05) is 23.2 Å². The molecule has 0 amide bonds. The third-order valence-electron chi connectivity index (χ3n) is 5.59. The van der Waals surface area contributed by atoms with Crippen molar-refractivity contribution >= 4 is 28.1 Å². The van der Waals surface area contributed by atoms with Gasteiger partial charge in [-0.25, -0.2) is 9.97 Å². The minimum absolute atomic E-state index is 0.0116. The lowest BCUT2D eigenvalue weighted by atomic mass is 9.94. The van der Waals surface area contributed by atoms with Crippen LogP contribution in [0.15, 0.2) is 21.9 Å². The largest absolute Gasteiger partial charge is 0.440 e. The molecule has 2 aromatic heterocycles. The van der Waals surface area contributed by atoms with Gasteiger partial charge in [-0.2, -0.15) is 8.78 Å². The maximum absolute atomic E-state index is 14.5. The summed E-state index contributed by atoms with van der Waals surface area (Å²) in [6.45, 7) is 5.83. The zero-order valence-corrected chi connectivity index (χ0v) is 19.6. The second kappa shape index (κ2) is 8.50. The number of halogens is 2. The molecule has 0 saturated heterocycles. The fourth-order valence-corrected chi connectivity index (χ4v) is 4.36. The van der Waals surface area contributed by atoms with Crippen molar-refractivity contribution in [3.05, 3.63) is 29.1 Å². The Balaban J connectivity index is 1.69. The number of benzene rings is 1. The normalized spacial score (nSPS) is 18.6. The van der Waals surface area contributed by atoms with E-state index in [1.807, 2.05) is 19.2 Å². The molecule has 33 heavy (non-hydrogen) atoms. The monoisotopic (exact) mass is 473 g/mol. The average Bonchev–Trinajstić information content (AvgIpc) is 3.44. The van der Waals surface area contributed by atoms with Crippen molar-refractivity contribution in [2.45, 2.75) is 58.7 Å². The number of aromatic nitrogens is 2. The summed E-state index contributed by atoms with van der Waals surface area (Å²) in [5.41, 5.74) is 0.0665. The molecule has 0 fully saturated rings. The zero-order chi connectivity index (χ0) is 24.0. The summed E-state index contributed by atoms with van der Waals surface area (Å²) in [6.07, 6.45) is -2.10. The van der Waals surface area contributed by atoms with Gasteiger partial charge >= 0.3 is 6.11 Å². The van der Waals surface area contributed by atoms with Crippen molar-refractivity contribution in [1.29, 1.82) is 5.41 Å². The molecule has 2 N–H and O–H groups in total. The molecule has 1 aliphatic rings. The number of thiazole rings is 1. The van der Waals surface area contributed by atoms with Crippen molar-refractivity contribution in [3.63, 3.8) is 0 Å². The minimum atomic E-state index is -3.85. The second-order valence-corrected chi connectivity index (χ2v) is 9.52. The lowest BCUT2D eigenvalue weighted by Crippen LogP contribution is -2.47. The first-order valence-electron chi connectivity index (χ1n) is 10.7. The van der Waals surface area contributed by atoms with Crippen LogP contribution in [-0.4, -0.2) is 32.5 Å². The molecule has 0 spiro atoms. The lowest BCUT2D eigenvalue weighted by Gasteiger charge is -2.28. The Labute approximate surface area is 194 Å². The van der Waals surface area contributed by atoms with E-state index in [4.69, 9.17) is 14.6 Å². The molecule has 0 radical (unpaired) electrons. The second-order valence-electron chi connectivity index (χ2n) is 8.66. The molecule has 2 heterocycles. The Bertz CT molecular complexity index is 1260. The number of ether oxygens (including phenoxy) is 1. The van der Waals surface area contributed by atoms with Gasteiger partial charge in [-0.1, -0.05) is 18.8 Å². The number of rotatable bonds is 8. The van der Waals surface area contributed by atoms with Crippen molar-refractivity contribution in [2.75, 3.05) is 0 Å². The third-order valence-corrected chi connectivity index (χ3v) is 6.58. The molecule has 3 aromatic rings. The van der Waals surface area contributed by atoms with Gasteiger partial charge in [0.2, 0.25) is 0 Å². The first-order chi connectivity index (χ1) is 15.5. The highest BCUT2D eigenvalue weighted by molar-refractivity contribution is 7.13. The van der Waals surface area contributed by atoms with E-state index in [0.29, 0.717) is 40.6 Å². The number of aliphatic hydroxyl groups is 1. The van der Waals surface area contributed by atoms with E-state index < -0.39 is 11.7 Å². The number of aryl methyl sites for hydroxylation is 2. The Morgan fingerprint density at radius 1 is 1.24 bits per heavy atom. The van der Waals surface area contributed by atoms with E-state index in [0.717, 1.165) is 26.0 Å². The van der Waals surface area contributed by atoms with Gasteiger partial charge < -0.3 is 19.7 Å². The summed E-state index contributed by atoms with van der Waals surface area (Å²) < 4.78 is 39.9. The zero-order valence-electron chi connectivity index (χ0n) is 18.8. The van der Waals surface area contributed by atoms with E-state index >= 15 is 0 Å². The van der Waals surface area contributed by atoms with Crippen molar-refractivity contribution < 1.29 is 23.0 Å². The van der Waals surface area contributed by atoms with Gasteiger partial charge in [-0.3, -0.25) is 0 Å². The van der Waals surface area contributed by atoms with Crippen molar-refractivity contribution in [2.24, 2.45) is 11.8 Å². The molecular formula is C24H25F2N3O3S. The summed E-state index contributed by atoms with van der Waals surface area (Å²) in [4.78, 5) is 8.92. The maximum atomic E-state index is 14.5. The summed E-state index contributed by atoms with van der Waals surface area (Å²) in [5, 5.41) is 20.7. The first-order valence-corrected chi connectivity index (χ1v) is 11.6. The van der Waals surface area contributed by atoms with Gasteiger partial charge in [0.1, 0.15) is 5.01 Å². The molecule has 4 rings (SSSR count). The molecule has 1 aliphatic carbocycles. The predicted molar refractivity (Wildman–Crippen MR) is 123 cm³/mol. The Kier molecular flexibility index (Phi) is 6.01. The van der Waals surface area contributed by atoms with Crippen LogP contribution >= 0.6 is 11.3 Å². The molecule has 6 nitrogen and oxygen atoms in total. The number of nitrogens with zero attached hydrogens (tertiary/aromatic N) is 2. The number of alkyl halides is 2. The van der Waals surface area contributed by atoms with Gasteiger partial charge in [0.05, 0.1) is 17.4 Å². The number of oxazole rings is 1. The van der Waals surface area contributed by atoms with Gasteiger partial charge in [0.15, 0.2) is 28.3 Å². The van der Waals surface area contributed by atoms with E-state index in [1.54, 1.807) is 6.07 Å². The molecule has 2 atom stereocenters. The van der Waals surface area contributed by atoms with Crippen LogP contribution in [0, 0.1) is 36.0 Å². The molecule has 174 valence electrons. The van der Waals surface area contributed by atoms with Crippen LogP contribution in [0.3, 0.4) is 0 Å². The smallest absolute Gasteiger partial charge is 0.426 e. The van der Waals surface area contributed by atoms with Crippen LogP contribution in [0.2, 0.25) is 0 Å². The summed E-state index contributed by atoms with van der Waals surface area (Å²) in [5.74, 6) is 6.17. The summed E-state index contributed by atoms with van der Waals surface area (Å²) in [6, 6.07) is 3.00. The number of fused-ring (bicyclic) bond motifs is 1. The Hall–Kier alpha value is -2.83. The molecule has 0 bridgehead atoms. The van der Waals surface area contributed by atoms with E-state index in [1.165, 1.54) is 17.4 Å². The quantitative estimate of drug-likeness (QED) is 0.415. The van der Waals surface area contributed by atoms with E-state index in [2.05, 4.69) is 21.8 Å². The fourth-order valence-electron chi connectivity index (χ4n) is 3.54. The fraction of sp³-hybridized carbons (Fsp3) is 0.458. The lowest BCUT2D eigenvalue weighted by molar-refractivity contribution is -0.275. The molecule has 9 heteroatoms. The highest BCUT2D eigenvalue weighted by atomic mass is 32.1. The summed E-state index contributed by atoms with van der Waals surface area (Å²) >= 11 is 1.41. The topological polar surface area (TPSA) is 92.2 Å². The standard InChI is InChI=1S/C24H25F2N3O3S/c1-5-14-6-7-15(19(14)27)8-11-18-29-20-17(32-24(25,26)23(3,4)30)10-9-16(21(20)31-18)22-28-13(2)12-33-22/h9-10,12,14-15,27,30H,5,8,11H2,1-4H3. The Morgan fingerprint density at radius 2 is 1.97 bits per heavy atom. The van der Waals surface area contributed by atoms with Crippen LogP contribution in [-0.2, 0) is 6.42 Å². The van der Waals surface area contributed by atoms with Crippen LogP contribution in [0.4, 0.5) is 8.78 Å². The van der Waals surface area contributed by atoms with Crippen LogP contribution in [0.25, 0.3) is 21.7 Å². The first kappa shape index (κ1) is 23.3. The number of nitrogens with one attached hydrogen (secondary N) is 1.